The third-order valence-electron chi connectivity index (χ3n) is 4.40. The smallest absolute Gasteiger partial charge is 0.306 e. The lowest BCUT2D eigenvalue weighted by atomic mass is 10.0. The minimum absolute atomic E-state index is 0.134. The van der Waals surface area contributed by atoms with Gasteiger partial charge >= 0.3 is 6.18 Å². The topological polar surface area (TPSA) is 18.5 Å². The quantitative estimate of drug-likeness (QED) is 0.896. The Bertz CT molecular complexity index is 496. The van der Waals surface area contributed by atoms with Crippen LogP contribution in [0.4, 0.5) is 13.2 Å². The van der Waals surface area contributed by atoms with E-state index in [1.807, 2.05) is 6.92 Å². The lowest BCUT2D eigenvalue weighted by molar-refractivity contribution is -0.138. The maximum atomic E-state index is 13.1. The second-order valence-corrected chi connectivity index (χ2v) is 6.48. The summed E-state index contributed by atoms with van der Waals surface area (Å²) < 4.78 is 39.3. The summed E-state index contributed by atoms with van der Waals surface area (Å²) in [5, 5.41) is 3.31. The van der Waals surface area contributed by atoms with Crippen LogP contribution in [-0.4, -0.2) is 55.6 Å². The molecule has 6 heteroatoms. The SMILES string of the molecule is C[C@H](CN1CCN(C)CC1)N[C@@H](C)c1ccccc1C(F)(F)F. The van der Waals surface area contributed by atoms with Crippen LogP contribution in [0.2, 0.25) is 0 Å². The normalized spacial score (nSPS) is 20.4. The molecule has 130 valence electrons. The summed E-state index contributed by atoms with van der Waals surface area (Å²) in [6, 6.07) is 5.60. The number of piperazine rings is 1. The zero-order valence-electron chi connectivity index (χ0n) is 14.0. The van der Waals surface area contributed by atoms with Crippen molar-refractivity contribution in [3.05, 3.63) is 35.4 Å². The number of hydrogen-bond donors (Lipinski definition) is 1. The van der Waals surface area contributed by atoms with Crippen LogP contribution in [0.1, 0.15) is 31.0 Å². The molecule has 1 heterocycles. The first kappa shape index (κ1) is 18.2. The van der Waals surface area contributed by atoms with Gasteiger partial charge in [0.25, 0.3) is 0 Å². The van der Waals surface area contributed by atoms with Gasteiger partial charge in [-0.25, -0.2) is 0 Å². The molecule has 23 heavy (non-hydrogen) atoms. The van der Waals surface area contributed by atoms with Crippen LogP contribution in [0.3, 0.4) is 0 Å². The Morgan fingerprint density at radius 1 is 1.09 bits per heavy atom. The minimum atomic E-state index is -4.31. The van der Waals surface area contributed by atoms with Crippen molar-refractivity contribution in [3.8, 4) is 0 Å². The summed E-state index contributed by atoms with van der Waals surface area (Å²) in [6.45, 7) is 8.78. The van der Waals surface area contributed by atoms with Crippen molar-refractivity contribution in [3.63, 3.8) is 0 Å². The first-order chi connectivity index (χ1) is 10.8. The Morgan fingerprint density at radius 2 is 1.70 bits per heavy atom. The molecule has 1 N–H and O–H groups in total. The molecule has 0 aromatic heterocycles. The van der Waals surface area contributed by atoms with Gasteiger partial charge in [-0.3, -0.25) is 4.90 Å². The van der Waals surface area contributed by atoms with Gasteiger partial charge < -0.3 is 10.2 Å². The van der Waals surface area contributed by atoms with Gasteiger partial charge in [0.05, 0.1) is 5.56 Å². The molecule has 1 aromatic rings. The average Bonchev–Trinajstić information content (AvgIpc) is 2.48. The van der Waals surface area contributed by atoms with Crippen molar-refractivity contribution in [1.82, 2.24) is 15.1 Å². The Hall–Kier alpha value is -1.11. The van der Waals surface area contributed by atoms with Gasteiger partial charge in [0, 0.05) is 44.8 Å². The van der Waals surface area contributed by atoms with E-state index in [1.54, 1.807) is 19.1 Å². The van der Waals surface area contributed by atoms with E-state index >= 15 is 0 Å². The van der Waals surface area contributed by atoms with E-state index in [2.05, 4.69) is 22.2 Å². The Labute approximate surface area is 136 Å². The minimum Gasteiger partial charge on any atom is -0.306 e. The fraction of sp³-hybridized carbons (Fsp3) is 0.647. The molecule has 1 aromatic carbocycles. The van der Waals surface area contributed by atoms with Crippen LogP contribution in [0.5, 0.6) is 0 Å². The molecule has 1 aliphatic heterocycles. The first-order valence-electron chi connectivity index (χ1n) is 8.10. The van der Waals surface area contributed by atoms with E-state index in [9.17, 15) is 13.2 Å². The molecule has 1 fully saturated rings. The summed E-state index contributed by atoms with van der Waals surface area (Å²) in [5.41, 5.74) is -0.239. The predicted octanol–water partition coefficient (Wildman–Crippen LogP) is 2.99. The third kappa shape index (κ3) is 5.19. The van der Waals surface area contributed by atoms with Crippen molar-refractivity contribution in [2.24, 2.45) is 0 Å². The highest BCUT2D eigenvalue weighted by Gasteiger charge is 2.34. The second kappa shape index (κ2) is 7.64. The summed E-state index contributed by atoms with van der Waals surface area (Å²) in [5.74, 6) is 0. The van der Waals surface area contributed by atoms with Crippen molar-refractivity contribution in [2.45, 2.75) is 32.1 Å². The Kier molecular flexibility index (Phi) is 6.06. The van der Waals surface area contributed by atoms with Crippen molar-refractivity contribution in [2.75, 3.05) is 39.8 Å². The van der Waals surface area contributed by atoms with Crippen LogP contribution >= 0.6 is 0 Å². The molecule has 1 aliphatic rings. The number of alkyl halides is 3. The number of hydrogen-bond acceptors (Lipinski definition) is 3. The van der Waals surface area contributed by atoms with Crippen molar-refractivity contribution in [1.29, 1.82) is 0 Å². The van der Waals surface area contributed by atoms with Gasteiger partial charge in [0.2, 0.25) is 0 Å². The molecule has 1 saturated heterocycles. The van der Waals surface area contributed by atoms with Crippen LogP contribution in [0.25, 0.3) is 0 Å². The summed E-state index contributed by atoms with van der Waals surface area (Å²) in [6.07, 6.45) is -4.31. The predicted molar refractivity (Wildman–Crippen MR) is 86.4 cm³/mol. The molecule has 0 radical (unpaired) electrons. The number of likely N-dealkylation sites (N-methyl/N-ethyl adjacent to an activating group) is 1. The average molecular weight is 329 g/mol. The second-order valence-electron chi connectivity index (χ2n) is 6.48. The van der Waals surface area contributed by atoms with Gasteiger partial charge in [0.1, 0.15) is 0 Å². The molecule has 2 atom stereocenters. The summed E-state index contributed by atoms with van der Waals surface area (Å²) >= 11 is 0. The largest absolute Gasteiger partial charge is 0.416 e. The first-order valence-corrected chi connectivity index (χ1v) is 8.10. The lowest BCUT2D eigenvalue weighted by Gasteiger charge is -2.35. The summed E-state index contributed by atoms with van der Waals surface area (Å²) in [4.78, 5) is 4.65. The van der Waals surface area contributed by atoms with Crippen LogP contribution in [-0.2, 0) is 6.18 Å². The van der Waals surface area contributed by atoms with E-state index in [0.717, 1.165) is 38.8 Å². The van der Waals surface area contributed by atoms with Gasteiger partial charge in [0.15, 0.2) is 0 Å². The monoisotopic (exact) mass is 329 g/mol. The molecular weight excluding hydrogens is 303 g/mol. The number of nitrogens with one attached hydrogen (secondary N) is 1. The molecule has 0 bridgehead atoms. The van der Waals surface area contributed by atoms with Gasteiger partial charge in [-0.15, -0.1) is 0 Å². The molecule has 3 nitrogen and oxygen atoms in total. The molecule has 0 saturated carbocycles. The number of benzene rings is 1. The van der Waals surface area contributed by atoms with Gasteiger partial charge in [-0.2, -0.15) is 13.2 Å². The summed E-state index contributed by atoms with van der Waals surface area (Å²) in [7, 11) is 2.11. The Balaban J connectivity index is 1.95. The molecule has 2 rings (SSSR count). The fourth-order valence-corrected chi connectivity index (χ4v) is 3.12. The molecule has 0 aliphatic carbocycles. The third-order valence-corrected chi connectivity index (χ3v) is 4.40. The van der Waals surface area contributed by atoms with Crippen LogP contribution in [0.15, 0.2) is 24.3 Å². The van der Waals surface area contributed by atoms with Crippen molar-refractivity contribution >= 4 is 0 Å². The molecule has 0 unspecified atom stereocenters. The Morgan fingerprint density at radius 3 is 2.30 bits per heavy atom. The number of rotatable bonds is 5. The molecular formula is C17H26F3N3. The number of nitrogens with zero attached hydrogens (tertiary/aromatic N) is 2. The standard InChI is InChI=1S/C17H26F3N3/c1-13(12-23-10-8-22(3)9-11-23)21-14(2)15-6-4-5-7-16(15)17(18,19)20/h4-7,13-14,21H,8-12H2,1-3H3/t13-,14+/m1/s1. The van der Waals surface area contributed by atoms with E-state index in [0.29, 0.717) is 5.56 Å². The number of halogens is 3. The highest BCUT2D eigenvalue weighted by atomic mass is 19.4. The zero-order chi connectivity index (χ0) is 17.0. The van der Waals surface area contributed by atoms with E-state index in [-0.39, 0.29) is 12.1 Å². The highest BCUT2D eigenvalue weighted by Crippen LogP contribution is 2.34. The van der Waals surface area contributed by atoms with E-state index < -0.39 is 11.7 Å². The lowest BCUT2D eigenvalue weighted by Crippen LogP contribution is -2.49. The van der Waals surface area contributed by atoms with E-state index in [4.69, 9.17) is 0 Å². The maximum Gasteiger partial charge on any atom is 0.416 e. The molecule has 0 amide bonds. The molecule has 0 spiro atoms. The van der Waals surface area contributed by atoms with E-state index in [1.165, 1.54) is 6.07 Å². The zero-order valence-corrected chi connectivity index (χ0v) is 14.0. The fourth-order valence-electron chi connectivity index (χ4n) is 3.12. The maximum absolute atomic E-state index is 13.1. The van der Waals surface area contributed by atoms with Gasteiger partial charge in [-0.1, -0.05) is 18.2 Å². The van der Waals surface area contributed by atoms with Gasteiger partial charge in [-0.05, 0) is 32.5 Å². The van der Waals surface area contributed by atoms with Crippen molar-refractivity contribution < 1.29 is 13.2 Å². The van der Waals surface area contributed by atoms with Crippen LogP contribution < -0.4 is 5.32 Å². The highest BCUT2D eigenvalue weighted by molar-refractivity contribution is 5.32. The van der Waals surface area contributed by atoms with Crippen LogP contribution in [0, 0.1) is 0 Å².